The number of para-hydroxylation sites is 1. The second kappa shape index (κ2) is 9.70. The highest BCUT2D eigenvalue weighted by molar-refractivity contribution is 5.81. The van der Waals surface area contributed by atoms with E-state index < -0.39 is 6.04 Å². The molecule has 2 aromatic heterocycles. The van der Waals surface area contributed by atoms with Gasteiger partial charge >= 0.3 is 0 Å². The molecule has 1 saturated heterocycles. The van der Waals surface area contributed by atoms with Crippen molar-refractivity contribution < 1.29 is 4.39 Å². The number of anilines is 1. The third-order valence-corrected chi connectivity index (χ3v) is 8.09. The number of nitrogens with one attached hydrogen (secondary N) is 1. The largest absolute Gasteiger partial charge is 0.367 e. The van der Waals surface area contributed by atoms with Crippen LogP contribution >= 0.6 is 0 Å². The lowest BCUT2D eigenvalue weighted by atomic mass is 10.00. The first kappa shape index (κ1) is 23.8. The Morgan fingerprint density at radius 1 is 1.00 bits per heavy atom. The molecule has 8 nitrogen and oxygen atoms in total. The van der Waals surface area contributed by atoms with E-state index in [9.17, 15) is 9.18 Å². The second-order valence-corrected chi connectivity index (χ2v) is 10.4. The molecule has 1 aliphatic carbocycles. The van der Waals surface area contributed by atoms with Crippen LogP contribution in [0.5, 0.6) is 0 Å². The number of aromatic nitrogens is 5. The highest BCUT2D eigenvalue weighted by Gasteiger charge is 2.35. The maximum atomic E-state index is 14.5. The van der Waals surface area contributed by atoms with Crippen LogP contribution in [0.2, 0.25) is 0 Å². The van der Waals surface area contributed by atoms with Gasteiger partial charge < -0.3 is 9.88 Å². The minimum atomic E-state index is -0.395. The first-order valence-corrected chi connectivity index (χ1v) is 13.1. The predicted molar refractivity (Wildman–Crippen MR) is 141 cm³/mol. The predicted octanol–water partition coefficient (Wildman–Crippen LogP) is 4.30. The van der Waals surface area contributed by atoms with Gasteiger partial charge in [0.05, 0.1) is 11.7 Å². The van der Waals surface area contributed by atoms with Crippen LogP contribution in [-0.4, -0.2) is 56.3 Å². The maximum absolute atomic E-state index is 14.5. The molecule has 3 heterocycles. The number of tetrazole rings is 1. The topological polar surface area (TPSA) is 82.9 Å². The number of H-pyrrole nitrogens is 1. The van der Waals surface area contributed by atoms with Gasteiger partial charge in [-0.15, -0.1) is 5.10 Å². The van der Waals surface area contributed by atoms with Crippen molar-refractivity contribution in [2.24, 2.45) is 0 Å². The Kier molecular flexibility index (Phi) is 6.24. The van der Waals surface area contributed by atoms with E-state index in [1.54, 1.807) is 6.07 Å². The highest BCUT2D eigenvalue weighted by atomic mass is 19.1. The minimum absolute atomic E-state index is 0.127. The molecular formula is C28H32FN7O. The molecule has 0 radical (unpaired) electrons. The Morgan fingerprint density at radius 2 is 1.73 bits per heavy atom. The lowest BCUT2D eigenvalue weighted by molar-refractivity contribution is 0.196. The number of pyridine rings is 1. The van der Waals surface area contributed by atoms with Crippen LogP contribution in [0.4, 0.5) is 10.1 Å². The number of halogens is 1. The van der Waals surface area contributed by atoms with Gasteiger partial charge in [-0.05, 0) is 84.0 Å². The Hall–Kier alpha value is -3.59. The molecule has 4 aromatic rings. The summed E-state index contributed by atoms with van der Waals surface area (Å²) in [4.78, 5) is 21.0. The minimum Gasteiger partial charge on any atom is -0.367 e. The summed E-state index contributed by atoms with van der Waals surface area (Å²) >= 11 is 0. The molecule has 0 unspecified atom stereocenters. The highest BCUT2D eigenvalue weighted by Crippen LogP contribution is 2.34. The second-order valence-electron chi connectivity index (χ2n) is 10.4. The number of benzene rings is 2. The molecular weight excluding hydrogens is 469 g/mol. The number of piperazine rings is 1. The van der Waals surface area contributed by atoms with E-state index in [-0.39, 0.29) is 17.4 Å². The molecule has 1 atom stereocenters. The van der Waals surface area contributed by atoms with Crippen molar-refractivity contribution in [3.8, 4) is 0 Å². The molecule has 9 heteroatoms. The fourth-order valence-corrected chi connectivity index (χ4v) is 5.91. The molecule has 1 aliphatic heterocycles. The van der Waals surface area contributed by atoms with E-state index in [0.29, 0.717) is 43.3 Å². The van der Waals surface area contributed by atoms with Crippen LogP contribution in [0.15, 0.2) is 47.3 Å². The number of aromatic amines is 1. The van der Waals surface area contributed by atoms with Crippen LogP contribution in [0.3, 0.4) is 0 Å². The zero-order valence-electron chi connectivity index (χ0n) is 21.3. The quantitative estimate of drug-likeness (QED) is 0.439. The zero-order valence-corrected chi connectivity index (χ0v) is 21.3. The molecule has 1 N–H and O–H groups in total. The summed E-state index contributed by atoms with van der Waals surface area (Å²) in [7, 11) is 0. The van der Waals surface area contributed by atoms with Crippen LogP contribution in [0.1, 0.15) is 60.3 Å². The van der Waals surface area contributed by atoms with Gasteiger partial charge in [0.25, 0.3) is 5.56 Å². The summed E-state index contributed by atoms with van der Waals surface area (Å²) in [6.45, 7) is 6.73. The third-order valence-electron chi connectivity index (χ3n) is 8.09. The lowest BCUT2D eigenvalue weighted by Crippen LogP contribution is -2.49. The normalized spacial score (nSPS) is 18.1. The van der Waals surface area contributed by atoms with E-state index >= 15 is 0 Å². The Morgan fingerprint density at radius 3 is 2.49 bits per heavy atom. The number of aryl methyl sites for hydroxylation is 2. The van der Waals surface area contributed by atoms with Crippen LogP contribution < -0.4 is 10.5 Å². The molecule has 2 aromatic carbocycles. The molecule has 192 valence electrons. The van der Waals surface area contributed by atoms with E-state index in [1.807, 2.05) is 28.9 Å². The van der Waals surface area contributed by atoms with Gasteiger partial charge in [0.15, 0.2) is 5.82 Å². The first-order chi connectivity index (χ1) is 18.0. The average Bonchev–Trinajstić information content (AvgIpc) is 3.59. The third kappa shape index (κ3) is 4.41. The van der Waals surface area contributed by atoms with E-state index in [0.717, 1.165) is 42.1 Å². The van der Waals surface area contributed by atoms with Crippen molar-refractivity contribution in [3.05, 3.63) is 81.2 Å². The van der Waals surface area contributed by atoms with Crippen molar-refractivity contribution in [1.29, 1.82) is 0 Å². The van der Waals surface area contributed by atoms with Gasteiger partial charge in [-0.2, -0.15) is 0 Å². The summed E-state index contributed by atoms with van der Waals surface area (Å²) in [5.41, 5.74) is 4.28. The standard InChI is InChI=1S/C28H32FN7O/c1-18-15-20-17-22(28(37)30-24(20)16-19(18)2)26(27-31-32-33-36(27)21-7-3-4-8-21)35-13-11-34(12-14-35)25-10-6-5-9-23(25)29/h5-6,9-10,15-17,21,26H,3-4,7-8,11-14H2,1-2H3,(H,30,37)/t26-/m0/s1. The average molecular weight is 502 g/mol. The number of fused-ring (bicyclic) bond motifs is 1. The van der Waals surface area contributed by atoms with Crippen molar-refractivity contribution in [1.82, 2.24) is 30.1 Å². The molecule has 2 aliphatic rings. The molecule has 1 saturated carbocycles. The van der Waals surface area contributed by atoms with Gasteiger partial charge in [0, 0.05) is 37.3 Å². The maximum Gasteiger partial charge on any atom is 0.253 e. The van der Waals surface area contributed by atoms with Crippen LogP contribution in [-0.2, 0) is 0 Å². The van der Waals surface area contributed by atoms with Crippen molar-refractivity contribution in [2.75, 3.05) is 31.1 Å². The van der Waals surface area contributed by atoms with Gasteiger partial charge in [0.2, 0.25) is 0 Å². The summed E-state index contributed by atoms with van der Waals surface area (Å²) < 4.78 is 16.4. The molecule has 0 bridgehead atoms. The number of hydrogen-bond acceptors (Lipinski definition) is 6. The van der Waals surface area contributed by atoms with E-state index in [1.165, 1.54) is 11.6 Å². The molecule has 0 spiro atoms. The molecule has 2 fully saturated rings. The SMILES string of the molecule is Cc1cc2cc([C@@H](c3nnnn3C3CCCC3)N3CCN(c4ccccc4F)CC3)c(=O)[nH]c2cc1C. The van der Waals surface area contributed by atoms with Gasteiger partial charge in [-0.25, -0.2) is 9.07 Å². The summed E-state index contributed by atoms with van der Waals surface area (Å²) in [5, 5.41) is 13.9. The molecule has 6 rings (SSSR count). The summed E-state index contributed by atoms with van der Waals surface area (Å²) in [5.74, 6) is 0.495. The van der Waals surface area contributed by atoms with Gasteiger partial charge in [-0.3, -0.25) is 9.69 Å². The Bertz CT molecular complexity index is 1480. The zero-order chi connectivity index (χ0) is 25.5. The fraction of sp³-hybridized carbons (Fsp3) is 0.429. The van der Waals surface area contributed by atoms with Gasteiger partial charge in [-0.1, -0.05) is 25.0 Å². The first-order valence-electron chi connectivity index (χ1n) is 13.1. The summed E-state index contributed by atoms with van der Waals surface area (Å²) in [6.07, 6.45) is 4.40. The van der Waals surface area contributed by atoms with Crippen molar-refractivity contribution >= 4 is 16.6 Å². The number of hydrogen-bond donors (Lipinski definition) is 1. The van der Waals surface area contributed by atoms with Crippen molar-refractivity contribution in [3.63, 3.8) is 0 Å². The van der Waals surface area contributed by atoms with Gasteiger partial charge in [0.1, 0.15) is 11.9 Å². The van der Waals surface area contributed by atoms with Crippen LogP contribution in [0, 0.1) is 19.7 Å². The lowest BCUT2D eigenvalue weighted by Gasteiger charge is -2.39. The smallest absolute Gasteiger partial charge is 0.253 e. The van der Waals surface area contributed by atoms with Crippen molar-refractivity contribution in [2.45, 2.75) is 51.6 Å². The van der Waals surface area contributed by atoms with E-state index in [2.05, 4.69) is 50.2 Å². The number of rotatable bonds is 5. The molecule has 37 heavy (non-hydrogen) atoms. The molecule has 0 amide bonds. The monoisotopic (exact) mass is 501 g/mol. The number of nitrogens with zero attached hydrogens (tertiary/aromatic N) is 6. The summed E-state index contributed by atoms with van der Waals surface area (Å²) in [6, 6.07) is 12.9. The van der Waals surface area contributed by atoms with Crippen LogP contribution in [0.25, 0.3) is 10.9 Å². The van der Waals surface area contributed by atoms with E-state index in [4.69, 9.17) is 0 Å². The Labute approximate surface area is 215 Å². The Balaban J connectivity index is 1.41. The fourth-order valence-electron chi connectivity index (χ4n) is 5.91.